The van der Waals surface area contributed by atoms with E-state index in [1.807, 2.05) is 0 Å². The number of aromatic nitrogens is 4. The number of tetrazole rings is 1. The van der Waals surface area contributed by atoms with Crippen LogP contribution >= 0.6 is 11.6 Å². The molecule has 0 saturated carbocycles. The molecule has 3 rings (SSSR count). The summed E-state index contributed by atoms with van der Waals surface area (Å²) in [7, 11) is 0. The molecule has 0 spiro atoms. The van der Waals surface area contributed by atoms with Crippen molar-refractivity contribution in [3.63, 3.8) is 0 Å². The van der Waals surface area contributed by atoms with Crippen molar-refractivity contribution in [1.29, 1.82) is 0 Å². The first-order chi connectivity index (χ1) is 12.7. The van der Waals surface area contributed by atoms with Crippen molar-refractivity contribution in [3.8, 4) is 11.4 Å². The minimum atomic E-state index is -4.48. The number of halogens is 4. The Hall–Kier alpha value is -2.94. The lowest BCUT2D eigenvalue weighted by Crippen LogP contribution is -2.25. The van der Waals surface area contributed by atoms with E-state index in [0.717, 1.165) is 16.9 Å². The monoisotopic (exact) mass is 395 g/mol. The van der Waals surface area contributed by atoms with Gasteiger partial charge in [-0.15, -0.1) is 10.2 Å². The van der Waals surface area contributed by atoms with Crippen molar-refractivity contribution in [2.45, 2.75) is 19.1 Å². The van der Waals surface area contributed by atoms with Crippen molar-refractivity contribution in [2.75, 3.05) is 5.32 Å². The fourth-order valence-electron chi connectivity index (χ4n) is 2.26. The van der Waals surface area contributed by atoms with Crippen LogP contribution in [0, 0.1) is 0 Å². The van der Waals surface area contributed by atoms with Crippen LogP contribution in [0.2, 0.25) is 5.02 Å². The maximum absolute atomic E-state index is 12.8. The highest BCUT2D eigenvalue weighted by Crippen LogP contribution is 2.31. The van der Waals surface area contributed by atoms with Gasteiger partial charge in [-0.3, -0.25) is 4.79 Å². The minimum Gasteiger partial charge on any atom is -0.324 e. The van der Waals surface area contributed by atoms with Gasteiger partial charge in [0, 0.05) is 16.3 Å². The van der Waals surface area contributed by atoms with Gasteiger partial charge in [0.2, 0.25) is 5.82 Å². The predicted octanol–water partition coefficient (Wildman–Crippen LogP) is 4.21. The number of carbonyl (C=O) groups is 1. The second kappa shape index (κ2) is 7.36. The Bertz CT molecular complexity index is 973. The summed E-state index contributed by atoms with van der Waals surface area (Å²) in [6.45, 7) is 1.54. The summed E-state index contributed by atoms with van der Waals surface area (Å²) in [5.74, 6) is -0.436. The van der Waals surface area contributed by atoms with Crippen LogP contribution in [0.3, 0.4) is 0 Å². The van der Waals surface area contributed by atoms with Gasteiger partial charge in [-0.2, -0.15) is 18.0 Å². The quantitative estimate of drug-likeness (QED) is 0.718. The van der Waals surface area contributed by atoms with Gasteiger partial charge in [-0.05, 0) is 42.5 Å². The van der Waals surface area contributed by atoms with Crippen molar-refractivity contribution < 1.29 is 18.0 Å². The van der Waals surface area contributed by atoms with Gasteiger partial charge in [0.1, 0.15) is 6.04 Å². The lowest BCUT2D eigenvalue weighted by Gasteiger charge is -2.11. The Balaban J connectivity index is 1.78. The van der Waals surface area contributed by atoms with Crippen LogP contribution in [0.4, 0.5) is 18.9 Å². The van der Waals surface area contributed by atoms with Gasteiger partial charge in [0.05, 0.1) is 5.56 Å². The maximum atomic E-state index is 12.8. The Morgan fingerprint density at radius 2 is 1.93 bits per heavy atom. The van der Waals surface area contributed by atoms with E-state index in [1.54, 1.807) is 24.3 Å². The Morgan fingerprint density at radius 1 is 1.19 bits per heavy atom. The van der Waals surface area contributed by atoms with Crippen LogP contribution in [0.25, 0.3) is 11.4 Å². The molecule has 1 amide bonds. The summed E-state index contributed by atoms with van der Waals surface area (Å²) < 4.78 is 38.5. The molecule has 1 aromatic heterocycles. The number of nitrogens with one attached hydrogen (secondary N) is 1. The molecule has 0 saturated heterocycles. The van der Waals surface area contributed by atoms with Gasteiger partial charge in [-0.1, -0.05) is 29.8 Å². The van der Waals surface area contributed by atoms with Crippen molar-refractivity contribution in [1.82, 2.24) is 20.2 Å². The zero-order chi connectivity index (χ0) is 19.6. The summed E-state index contributed by atoms with van der Waals surface area (Å²) in [6.07, 6.45) is -4.48. The number of rotatable bonds is 4. The molecule has 0 aliphatic heterocycles. The van der Waals surface area contributed by atoms with E-state index in [-0.39, 0.29) is 11.4 Å². The lowest BCUT2D eigenvalue weighted by molar-refractivity contribution is -0.137. The van der Waals surface area contributed by atoms with Crippen LogP contribution in [0.1, 0.15) is 18.5 Å². The molecule has 2 aromatic carbocycles. The number of benzene rings is 2. The minimum absolute atomic E-state index is 0.0106. The zero-order valence-corrected chi connectivity index (χ0v) is 14.7. The highest BCUT2D eigenvalue weighted by molar-refractivity contribution is 6.30. The molecule has 0 bridgehead atoms. The maximum Gasteiger partial charge on any atom is 0.416 e. The van der Waals surface area contributed by atoms with Crippen LogP contribution in [0.15, 0.2) is 48.5 Å². The Morgan fingerprint density at radius 3 is 2.63 bits per heavy atom. The molecule has 0 aliphatic carbocycles. The predicted molar refractivity (Wildman–Crippen MR) is 93.0 cm³/mol. The SMILES string of the molecule is C[C@H](C(=O)Nc1cccc(Cl)c1)n1nnc(-c2cccc(C(F)(F)F)c2)n1. The summed E-state index contributed by atoms with van der Waals surface area (Å²) in [4.78, 5) is 13.4. The smallest absolute Gasteiger partial charge is 0.324 e. The fourth-order valence-corrected chi connectivity index (χ4v) is 2.45. The van der Waals surface area contributed by atoms with E-state index in [2.05, 4.69) is 20.7 Å². The van der Waals surface area contributed by atoms with Crippen molar-refractivity contribution >= 4 is 23.2 Å². The molecule has 1 heterocycles. The summed E-state index contributed by atoms with van der Waals surface area (Å²) in [5, 5.41) is 14.7. The number of anilines is 1. The summed E-state index contributed by atoms with van der Waals surface area (Å²) >= 11 is 5.87. The second-order valence-electron chi connectivity index (χ2n) is 5.69. The molecular formula is C17H13ClF3N5O. The van der Waals surface area contributed by atoms with Gasteiger partial charge in [-0.25, -0.2) is 0 Å². The van der Waals surface area contributed by atoms with Crippen LogP contribution in [-0.2, 0) is 11.0 Å². The average molecular weight is 396 g/mol. The largest absolute Gasteiger partial charge is 0.416 e. The number of hydrogen-bond acceptors (Lipinski definition) is 4. The first-order valence-electron chi connectivity index (χ1n) is 7.77. The standard InChI is InChI=1S/C17H13ClF3N5O/c1-10(16(27)22-14-7-3-6-13(18)9-14)26-24-15(23-25-26)11-4-2-5-12(8-11)17(19,20)21/h2-10H,1H3,(H,22,27)/t10-/m1/s1. The highest BCUT2D eigenvalue weighted by Gasteiger charge is 2.31. The number of hydrogen-bond donors (Lipinski definition) is 1. The Kier molecular flexibility index (Phi) is 5.13. The van der Waals surface area contributed by atoms with E-state index >= 15 is 0 Å². The van der Waals surface area contributed by atoms with Crippen LogP contribution < -0.4 is 5.32 Å². The molecule has 6 nitrogen and oxygen atoms in total. The first kappa shape index (κ1) is 18.8. The first-order valence-corrected chi connectivity index (χ1v) is 8.15. The molecule has 1 N–H and O–H groups in total. The molecule has 0 aliphatic rings. The third-order valence-electron chi connectivity index (χ3n) is 3.69. The molecule has 0 fully saturated rings. The highest BCUT2D eigenvalue weighted by atomic mass is 35.5. The van der Waals surface area contributed by atoms with E-state index in [4.69, 9.17) is 11.6 Å². The van der Waals surface area contributed by atoms with E-state index in [0.29, 0.717) is 10.7 Å². The van der Waals surface area contributed by atoms with Crippen LogP contribution in [-0.4, -0.2) is 26.1 Å². The molecule has 27 heavy (non-hydrogen) atoms. The molecule has 3 aromatic rings. The van der Waals surface area contributed by atoms with E-state index < -0.39 is 23.7 Å². The fraction of sp³-hybridized carbons (Fsp3) is 0.176. The van der Waals surface area contributed by atoms with Gasteiger partial charge in [0.15, 0.2) is 0 Å². The second-order valence-corrected chi connectivity index (χ2v) is 6.12. The van der Waals surface area contributed by atoms with Gasteiger partial charge < -0.3 is 5.32 Å². The third-order valence-corrected chi connectivity index (χ3v) is 3.93. The average Bonchev–Trinajstić information content (AvgIpc) is 3.10. The Labute approximate surface area is 157 Å². The lowest BCUT2D eigenvalue weighted by atomic mass is 10.1. The summed E-state index contributed by atoms with van der Waals surface area (Å²) in [5.41, 5.74) is -0.167. The van der Waals surface area contributed by atoms with Crippen molar-refractivity contribution in [2.24, 2.45) is 0 Å². The molecular weight excluding hydrogens is 383 g/mol. The molecule has 10 heteroatoms. The third kappa shape index (κ3) is 4.43. The number of nitrogens with zero attached hydrogens (tertiary/aromatic N) is 4. The van der Waals surface area contributed by atoms with E-state index in [9.17, 15) is 18.0 Å². The number of amides is 1. The molecule has 0 radical (unpaired) electrons. The summed E-state index contributed by atoms with van der Waals surface area (Å²) in [6, 6.07) is 10.3. The van der Waals surface area contributed by atoms with Crippen LogP contribution in [0.5, 0.6) is 0 Å². The number of alkyl halides is 3. The topological polar surface area (TPSA) is 72.7 Å². The normalized spacial score (nSPS) is 12.6. The molecule has 0 unspecified atom stereocenters. The number of carbonyl (C=O) groups excluding carboxylic acids is 1. The zero-order valence-electron chi connectivity index (χ0n) is 13.9. The van der Waals surface area contributed by atoms with Gasteiger partial charge in [0.25, 0.3) is 5.91 Å². The van der Waals surface area contributed by atoms with E-state index in [1.165, 1.54) is 19.1 Å². The molecule has 1 atom stereocenters. The van der Waals surface area contributed by atoms with Crippen molar-refractivity contribution in [3.05, 3.63) is 59.1 Å². The van der Waals surface area contributed by atoms with Gasteiger partial charge >= 0.3 is 6.18 Å². The molecule has 140 valence electrons.